The topological polar surface area (TPSA) is 149 Å². The maximum atomic E-state index is 15.1. The van der Waals surface area contributed by atoms with Crippen LogP contribution in [0.2, 0.25) is 0 Å². The van der Waals surface area contributed by atoms with Crippen LogP contribution in [0.4, 0.5) is 43.9 Å². The molecule has 4 N–H and O–H groups in total. The van der Waals surface area contributed by atoms with Gasteiger partial charge in [-0.2, -0.15) is 0 Å². The highest BCUT2D eigenvalue weighted by Crippen LogP contribution is 2.43. The second kappa shape index (κ2) is 9.86. The Hall–Kier alpha value is -5.16. The third-order valence-electron chi connectivity index (χ3n) is 5.27. The average molecular weight is 586 g/mol. The van der Waals surface area contributed by atoms with Gasteiger partial charge in [-0.3, -0.25) is 0 Å². The number of hydrogen-bond donors (Lipinski definition) is 4. The molecule has 0 heterocycles. The predicted octanol–water partition coefficient (Wildman–Crippen LogP) is 5.20. The second-order valence-electron chi connectivity index (χ2n) is 7.36. The van der Waals surface area contributed by atoms with Gasteiger partial charge in [0, 0.05) is 11.1 Å². The maximum absolute atomic E-state index is 15.1. The molecule has 0 saturated carbocycles. The Morgan fingerprint density at radius 3 is 0.700 bits per heavy atom. The van der Waals surface area contributed by atoms with Crippen LogP contribution in [0.15, 0.2) is 0 Å². The van der Waals surface area contributed by atoms with Crippen LogP contribution in [-0.4, -0.2) is 44.3 Å². The molecule has 0 unspecified atom stereocenters. The highest BCUT2D eigenvalue weighted by molar-refractivity contribution is 6.08. The Morgan fingerprint density at radius 2 is 0.500 bits per heavy atom. The SMILES string of the molecule is O=C(O)c1c(F)c(F)c(F)c(-c2c(F)c(F)c(-c3c(F)c(F)c(F)c(C(=O)O)c3C(=O)O)c(F)c2F)c1C(=O)O. The van der Waals surface area contributed by atoms with Gasteiger partial charge in [-0.05, 0) is 0 Å². The number of carbonyl (C=O) groups is 4. The quantitative estimate of drug-likeness (QED) is 0.175. The first kappa shape index (κ1) is 29.4. The van der Waals surface area contributed by atoms with Crippen LogP contribution in [-0.2, 0) is 0 Å². The molecule has 0 aromatic heterocycles. The molecule has 0 spiro atoms. The second-order valence-corrected chi connectivity index (χ2v) is 7.36. The molecule has 0 aliphatic carbocycles. The smallest absolute Gasteiger partial charge is 0.339 e. The Bertz CT molecular complexity index is 1560. The van der Waals surface area contributed by atoms with Crippen molar-refractivity contribution in [2.75, 3.05) is 0 Å². The summed E-state index contributed by atoms with van der Waals surface area (Å²) in [5, 5.41) is 36.5. The molecule has 40 heavy (non-hydrogen) atoms. The van der Waals surface area contributed by atoms with Crippen LogP contribution < -0.4 is 0 Å². The lowest BCUT2D eigenvalue weighted by Gasteiger charge is -2.18. The monoisotopic (exact) mass is 586 g/mol. The summed E-state index contributed by atoms with van der Waals surface area (Å²) in [7, 11) is 0. The average Bonchev–Trinajstić information content (AvgIpc) is 2.85. The molecule has 0 aliphatic heterocycles. The molecule has 0 atom stereocenters. The normalized spacial score (nSPS) is 11.1. The van der Waals surface area contributed by atoms with E-state index in [1.165, 1.54) is 0 Å². The molecule has 3 rings (SSSR count). The van der Waals surface area contributed by atoms with E-state index < -0.39 is 127 Å². The van der Waals surface area contributed by atoms with Crippen molar-refractivity contribution in [3.8, 4) is 22.3 Å². The molecule has 0 fully saturated rings. The molecule has 0 radical (unpaired) electrons. The summed E-state index contributed by atoms with van der Waals surface area (Å²) >= 11 is 0. The summed E-state index contributed by atoms with van der Waals surface area (Å²) in [4.78, 5) is 45.7. The molecule has 3 aromatic rings. The lowest BCUT2D eigenvalue weighted by atomic mass is 9.88. The van der Waals surface area contributed by atoms with Gasteiger partial charge in [-0.15, -0.1) is 0 Å². The predicted molar refractivity (Wildman–Crippen MR) is 105 cm³/mol. The Morgan fingerprint density at radius 1 is 0.300 bits per heavy atom. The fraction of sp³-hybridized carbons (Fsp3) is 0. The van der Waals surface area contributed by atoms with Gasteiger partial charge >= 0.3 is 23.9 Å². The number of benzene rings is 3. The molecule has 0 aliphatic rings. The van der Waals surface area contributed by atoms with E-state index in [1.54, 1.807) is 0 Å². The van der Waals surface area contributed by atoms with E-state index in [9.17, 15) is 55.7 Å². The van der Waals surface area contributed by atoms with E-state index >= 15 is 17.6 Å². The minimum absolute atomic E-state index is 2.28. The number of carboxylic acids is 4. The number of halogens is 10. The van der Waals surface area contributed by atoms with Crippen molar-refractivity contribution < 1.29 is 83.5 Å². The van der Waals surface area contributed by atoms with Crippen LogP contribution in [0.25, 0.3) is 22.3 Å². The molecule has 0 saturated heterocycles. The maximum Gasteiger partial charge on any atom is 0.339 e. The van der Waals surface area contributed by atoms with Gasteiger partial charge in [-0.25, -0.2) is 63.1 Å². The number of aromatic carboxylic acids is 4. The highest BCUT2D eigenvalue weighted by Gasteiger charge is 2.41. The summed E-state index contributed by atoms with van der Waals surface area (Å²) in [6.07, 6.45) is 0. The van der Waals surface area contributed by atoms with E-state index in [0.717, 1.165) is 0 Å². The third-order valence-corrected chi connectivity index (χ3v) is 5.27. The zero-order valence-corrected chi connectivity index (χ0v) is 18.2. The van der Waals surface area contributed by atoms with Crippen molar-refractivity contribution in [3.63, 3.8) is 0 Å². The molecular weight excluding hydrogens is 582 g/mol. The van der Waals surface area contributed by atoms with E-state index in [-0.39, 0.29) is 0 Å². The lowest BCUT2D eigenvalue weighted by Crippen LogP contribution is -2.19. The first-order chi connectivity index (χ1) is 18.4. The van der Waals surface area contributed by atoms with E-state index in [2.05, 4.69) is 0 Å². The summed E-state index contributed by atoms with van der Waals surface area (Å²) in [6, 6.07) is 0. The van der Waals surface area contributed by atoms with Crippen molar-refractivity contribution in [2.24, 2.45) is 0 Å². The van der Waals surface area contributed by atoms with Gasteiger partial charge in [0.1, 0.15) is 11.1 Å². The molecule has 8 nitrogen and oxygen atoms in total. The standard InChI is InChI=1S/C22H4F10O8/c23-9-1(3(19(33)34)7(21(37)38)15(29)17(9)31)5-11(25)13(27)6(14(28)12(5)26)2-4(20(35)36)8(22(39)40)16(30)18(32)10(2)24/h(H,33,34)(H,35,36)(H,37,38)(H,39,40). The van der Waals surface area contributed by atoms with Crippen molar-refractivity contribution in [3.05, 3.63) is 80.4 Å². The molecule has 210 valence electrons. The van der Waals surface area contributed by atoms with Crippen molar-refractivity contribution in [1.29, 1.82) is 0 Å². The number of rotatable bonds is 6. The van der Waals surface area contributed by atoms with Gasteiger partial charge in [0.2, 0.25) is 0 Å². The first-order valence-electron chi connectivity index (χ1n) is 9.60. The largest absolute Gasteiger partial charge is 0.478 e. The minimum atomic E-state index is -3.05. The van der Waals surface area contributed by atoms with Gasteiger partial charge in [0.25, 0.3) is 0 Å². The Kier molecular flexibility index (Phi) is 7.25. The van der Waals surface area contributed by atoms with Crippen molar-refractivity contribution >= 4 is 23.9 Å². The van der Waals surface area contributed by atoms with E-state index in [0.29, 0.717) is 0 Å². The van der Waals surface area contributed by atoms with Crippen molar-refractivity contribution in [1.82, 2.24) is 0 Å². The van der Waals surface area contributed by atoms with E-state index in [1.807, 2.05) is 0 Å². The highest BCUT2D eigenvalue weighted by atomic mass is 19.2. The van der Waals surface area contributed by atoms with Gasteiger partial charge in [0.05, 0.1) is 22.3 Å². The fourth-order valence-electron chi connectivity index (χ4n) is 3.69. The molecular formula is C22H4F10O8. The fourth-order valence-corrected chi connectivity index (χ4v) is 3.69. The summed E-state index contributed by atoms with van der Waals surface area (Å²) in [5.74, 6) is -40.0. The first-order valence-corrected chi connectivity index (χ1v) is 9.60. The Labute approximate surface area is 210 Å². The number of hydrogen-bond acceptors (Lipinski definition) is 4. The van der Waals surface area contributed by atoms with Crippen LogP contribution in [0, 0.1) is 58.2 Å². The van der Waals surface area contributed by atoms with Gasteiger partial charge in [-0.1, -0.05) is 0 Å². The molecule has 3 aromatic carbocycles. The summed E-state index contributed by atoms with van der Waals surface area (Å²) in [5.41, 5.74) is -19.2. The van der Waals surface area contributed by atoms with Crippen molar-refractivity contribution in [2.45, 2.75) is 0 Å². The summed E-state index contributed by atoms with van der Waals surface area (Å²) < 4.78 is 146. The molecule has 0 amide bonds. The zero-order valence-electron chi connectivity index (χ0n) is 18.2. The van der Waals surface area contributed by atoms with Gasteiger partial charge in [0.15, 0.2) is 58.2 Å². The van der Waals surface area contributed by atoms with Crippen LogP contribution in [0.5, 0.6) is 0 Å². The molecule has 0 bridgehead atoms. The van der Waals surface area contributed by atoms with E-state index in [4.69, 9.17) is 10.2 Å². The zero-order chi connectivity index (χ0) is 30.7. The number of carboxylic acid groups (broad SMARTS) is 4. The Balaban J connectivity index is 2.67. The summed E-state index contributed by atoms with van der Waals surface area (Å²) in [6.45, 7) is 0. The third kappa shape index (κ3) is 4.03. The van der Waals surface area contributed by atoms with Crippen LogP contribution in [0.3, 0.4) is 0 Å². The minimum Gasteiger partial charge on any atom is -0.478 e. The van der Waals surface area contributed by atoms with Gasteiger partial charge < -0.3 is 20.4 Å². The van der Waals surface area contributed by atoms with Crippen LogP contribution in [0.1, 0.15) is 41.4 Å². The molecule has 18 heteroatoms. The van der Waals surface area contributed by atoms with Crippen LogP contribution >= 0.6 is 0 Å². The lowest BCUT2D eigenvalue weighted by molar-refractivity contribution is 0.0645.